The maximum Gasteiger partial charge on any atom is 0.394 e. The van der Waals surface area contributed by atoms with Crippen molar-refractivity contribution in [2.24, 2.45) is 0 Å². The predicted octanol–water partition coefficient (Wildman–Crippen LogP) is 0.0492. The van der Waals surface area contributed by atoms with E-state index in [4.69, 9.17) is 0 Å². The lowest BCUT2D eigenvalue weighted by atomic mass is 9.77. The summed E-state index contributed by atoms with van der Waals surface area (Å²) >= 11 is 0. The van der Waals surface area contributed by atoms with Crippen molar-refractivity contribution in [3.8, 4) is 0 Å². The summed E-state index contributed by atoms with van der Waals surface area (Å²) in [5, 5.41) is 8.91. The first-order valence-electron chi connectivity index (χ1n) is 7.04. The first kappa shape index (κ1) is 19.0. The Hall–Kier alpha value is -2.74. The summed E-state index contributed by atoms with van der Waals surface area (Å²) in [5.41, 5.74) is -2.68. The van der Waals surface area contributed by atoms with Crippen molar-refractivity contribution in [1.29, 1.82) is 0 Å². The van der Waals surface area contributed by atoms with Gasteiger partial charge in [0.2, 0.25) is 0 Å². The zero-order valence-electron chi connectivity index (χ0n) is 13.0. The normalized spacial score (nSPS) is 25.2. The molecule has 142 valence electrons. The van der Waals surface area contributed by atoms with E-state index in [1.807, 2.05) is 0 Å². The Labute approximate surface area is 151 Å². The van der Waals surface area contributed by atoms with Gasteiger partial charge in [-0.2, -0.15) is 16.8 Å². The number of carbonyl (C=O) groups excluding carboxylic acids is 2. The van der Waals surface area contributed by atoms with Crippen LogP contribution < -0.4 is 0 Å². The van der Waals surface area contributed by atoms with Crippen molar-refractivity contribution in [2.75, 3.05) is 0 Å². The molecule has 0 aromatic heterocycles. The molecule has 0 radical (unpaired) electrons. The largest absolute Gasteiger partial charge is 0.394 e. The lowest BCUT2D eigenvalue weighted by Crippen LogP contribution is -2.62. The van der Waals surface area contributed by atoms with Crippen LogP contribution in [0.4, 0.5) is 0 Å². The molecule has 27 heavy (non-hydrogen) atoms. The van der Waals surface area contributed by atoms with Crippen LogP contribution in [0.1, 0.15) is 20.7 Å². The van der Waals surface area contributed by atoms with Gasteiger partial charge in [-0.3, -0.25) is 28.8 Å². The highest BCUT2D eigenvalue weighted by atomic mass is 32.2. The van der Waals surface area contributed by atoms with Crippen LogP contribution in [0.2, 0.25) is 0 Å². The SMILES string of the molecule is O=C1C2=C(C(=O)c3ccccc31)C([N+](=O)[O-])(S(=O)(=O)O)C(S(=O)(=O)O)C=C2. The van der Waals surface area contributed by atoms with E-state index in [1.165, 1.54) is 18.2 Å². The van der Waals surface area contributed by atoms with Gasteiger partial charge in [-0.25, -0.2) is 0 Å². The summed E-state index contributed by atoms with van der Waals surface area (Å²) in [6.07, 6.45) is 1.08. The van der Waals surface area contributed by atoms with Gasteiger partial charge in [0, 0.05) is 16.7 Å². The molecule has 0 amide bonds. The average Bonchev–Trinajstić information content (AvgIpc) is 2.56. The molecule has 2 N–H and O–H groups in total. The Bertz CT molecular complexity index is 1190. The molecule has 13 heteroatoms. The van der Waals surface area contributed by atoms with Gasteiger partial charge in [-0.1, -0.05) is 36.4 Å². The topological polar surface area (TPSA) is 186 Å². The Morgan fingerprint density at radius 3 is 1.96 bits per heavy atom. The van der Waals surface area contributed by atoms with Crippen LogP contribution in [0.3, 0.4) is 0 Å². The summed E-state index contributed by atoms with van der Waals surface area (Å²) < 4.78 is 66.4. The number of benzene rings is 1. The van der Waals surface area contributed by atoms with Crippen molar-refractivity contribution < 1.29 is 40.5 Å². The fraction of sp³-hybridized carbons (Fsp3) is 0.143. The van der Waals surface area contributed by atoms with E-state index in [0.29, 0.717) is 12.2 Å². The molecule has 2 unspecified atom stereocenters. The lowest BCUT2D eigenvalue weighted by molar-refractivity contribution is -0.528. The van der Waals surface area contributed by atoms with Crippen LogP contribution in [0.25, 0.3) is 0 Å². The first-order valence-corrected chi connectivity index (χ1v) is 9.98. The molecule has 0 saturated heterocycles. The molecule has 3 rings (SSSR count). The summed E-state index contributed by atoms with van der Waals surface area (Å²) in [5.74, 6) is -2.30. The molecule has 11 nitrogen and oxygen atoms in total. The second-order valence-corrected chi connectivity index (χ2v) is 8.83. The molecule has 0 bridgehead atoms. The first-order chi connectivity index (χ1) is 12.3. The second-order valence-electron chi connectivity index (χ2n) is 5.72. The number of hydrogen-bond donors (Lipinski definition) is 2. The molecule has 0 fully saturated rings. The number of carbonyl (C=O) groups is 2. The van der Waals surface area contributed by atoms with E-state index in [0.717, 1.165) is 6.07 Å². The number of allylic oxidation sites excluding steroid dienone is 2. The molecule has 1 aromatic rings. The third-order valence-corrected chi connectivity index (χ3v) is 7.01. The monoisotopic (exact) mass is 415 g/mol. The Balaban J connectivity index is 2.52. The molecule has 2 atom stereocenters. The van der Waals surface area contributed by atoms with Crippen molar-refractivity contribution in [3.63, 3.8) is 0 Å². The van der Waals surface area contributed by atoms with Crippen LogP contribution in [-0.2, 0) is 20.2 Å². The Morgan fingerprint density at radius 1 is 1.00 bits per heavy atom. The highest BCUT2D eigenvalue weighted by Crippen LogP contribution is 2.44. The minimum atomic E-state index is -5.97. The standard InChI is InChI=1S/C14H9NO10S2/c16-12-7-3-1-2-4-8(7)13(17)11-9(12)5-6-10(26(20,21)22)14(11,15(18)19)27(23,24)25/h1-6,10H,(H,20,21,22)(H,23,24,25). The average molecular weight is 415 g/mol. The molecular weight excluding hydrogens is 406 g/mol. The van der Waals surface area contributed by atoms with Crippen LogP contribution in [0, 0.1) is 10.1 Å². The van der Waals surface area contributed by atoms with Gasteiger partial charge in [-0.05, 0) is 0 Å². The van der Waals surface area contributed by atoms with Crippen molar-refractivity contribution in [3.05, 3.63) is 68.8 Å². The lowest BCUT2D eigenvalue weighted by Gasteiger charge is -2.33. The van der Waals surface area contributed by atoms with Crippen molar-refractivity contribution in [2.45, 2.75) is 10.1 Å². The highest BCUT2D eigenvalue weighted by Gasteiger charge is 2.72. The number of ketones is 2. The number of fused-ring (bicyclic) bond motifs is 1. The van der Waals surface area contributed by atoms with E-state index in [-0.39, 0.29) is 5.56 Å². The third-order valence-electron chi connectivity index (χ3n) is 4.32. The van der Waals surface area contributed by atoms with Crippen molar-refractivity contribution >= 4 is 31.8 Å². The zero-order valence-corrected chi connectivity index (χ0v) is 14.6. The van der Waals surface area contributed by atoms with Crippen LogP contribution in [-0.4, -0.2) is 52.6 Å². The number of Topliss-reactive ketones (excluding diaryl/α,β-unsaturated/α-hetero) is 2. The molecule has 0 saturated carbocycles. The number of rotatable bonds is 3. The second kappa shape index (κ2) is 5.63. The molecule has 0 heterocycles. The maximum absolute atomic E-state index is 12.8. The van der Waals surface area contributed by atoms with Crippen LogP contribution in [0.15, 0.2) is 47.6 Å². The van der Waals surface area contributed by atoms with Gasteiger partial charge in [-0.15, -0.1) is 0 Å². The quantitative estimate of drug-likeness (QED) is 0.388. The fourth-order valence-corrected chi connectivity index (χ4v) is 5.87. The van der Waals surface area contributed by atoms with E-state index in [2.05, 4.69) is 0 Å². The third kappa shape index (κ3) is 2.39. The van der Waals surface area contributed by atoms with Gasteiger partial charge in [0.15, 0.2) is 16.8 Å². The van der Waals surface area contributed by atoms with E-state index in [9.17, 15) is 45.6 Å². The summed E-state index contributed by atoms with van der Waals surface area (Å²) in [6.45, 7) is 0. The molecule has 0 spiro atoms. The summed E-state index contributed by atoms with van der Waals surface area (Å²) in [7, 11) is -11.5. The predicted molar refractivity (Wildman–Crippen MR) is 87.9 cm³/mol. The Morgan fingerprint density at radius 2 is 1.52 bits per heavy atom. The van der Waals surface area contributed by atoms with Gasteiger partial charge in [0.1, 0.15) is 5.57 Å². The highest BCUT2D eigenvalue weighted by molar-refractivity contribution is 7.91. The Kier molecular flexibility index (Phi) is 3.97. The molecular formula is C14H9NO10S2. The van der Waals surface area contributed by atoms with Crippen molar-refractivity contribution in [1.82, 2.24) is 0 Å². The molecule has 2 aliphatic carbocycles. The minimum Gasteiger partial charge on any atom is -0.289 e. The van der Waals surface area contributed by atoms with E-state index < -0.39 is 63.6 Å². The summed E-state index contributed by atoms with van der Waals surface area (Å²) in [6, 6.07) is 5.01. The summed E-state index contributed by atoms with van der Waals surface area (Å²) in [4.78, 5) is 31.5. The van der Waals surface area contributed by atoms with Crippen LogP contribution in [0.5, 0.6) is 0 Å². The van der Waals surface area contributed by atoms with Gasteiger partial charge in [0.05, 0.1) is 4.92 Å². The number of nitro groups is 1. The number of hydrogen-bond acceptors (Lipinski definition) is 8. The zero-order chi connectivity index (χ0) is 20.4. The number of nitrogens with zero attached hydrogens (tertiary/aromatic N) is 1. The van der Waals surface area contributed by atoms with Gasteiger partial charge < -0.3 is 0 Å². The minimum absolute atomic E-state index is 0.177. The molecule has 2 aliphatic rings. The molecule has 0 aliphatic heterocycles. The van der Waals surface area contributed by atoms with E-state index >= 15 is 0 Å². The van der Waals surface area contributed by atoms with Crippen LogP contribution >= 0.6 is 0 Å². The molecule has 1 aromatic carbocycles. The van der Waals surface area contributed by atoms with Gasteiger partial charge in [0.25, 0.3) is 10.1 Å². The van der Waals surface area contributed by atoms with E-state index in [1.54, 1.807) is 0 Å². The van der Waals surface area contributed by atoms with Gasteiger partial charge >= 0.3 is 15.0 Å². The maximum atomic E-state index is 12.8. The fourth-order valence-electron chi connectivity index (χ4n) is 3.23. The smallest absolute Gasteiger partial charge is 0.289 e.